The average molecular weight is 1190 g/mol. The van der Waals surface area contributed by atoms with Crippen molar-refractivity contribution >= 4 is 66.4 Å². The Kier molecular flexibility index (Phi) is 11.7. The summed E-state index contributed by atoms with van der Waals surface area (Å²) in [7, 11) is 0. The fraction of sp³-hybridized carbons (Fsp3) is 0. The van der Waals surface area contributed by atoms with E-state index in [4.69, 9.17) is 2.74 Å². The molecule has 0 N–H and O–H groups in total. The lowest BCUT2D eigenvalue weighted by atomic mass is 9.85. The van der Waals surface area contributed by atoms with Gasteiger partial charge in [0.15, 0.2) is 11.6 Å². The van der Waals surface area contributed by atoms with Crippen molar-refractivity contribution in [3.8, 4) is 89.0 Å². The highest BCUT2D eigenvalue weighted by atomic mass is 19.1. The van der Waals surface area contributed by atoms with Crippen LogP contribution in [0.5, 0.6) is 0 Å². The maximum atomic E-state index is 19.8. The highest BCUT2D eigenvalue weighted by molar-refractivity contribution is 6.28. The number of hydrogen-bond donors (Lipinski definition) is 0. The summed E-state index contributed by atoms with van der Waals surface area (Å²) >= 11 is 0. The largest absolute Gasteiger partial charge is 0.307 e. The van der Waals surface area contributed by atoms with Crippen molar-refractivity contribution in [2.75, 3.05) is 9.80 Å². The Labute approximate surface area is 548 Å². The smallest absolute Gasteiger partial charge is 0.155 e. The first-order chi connectivity index (χ1) is 49.7. The minimum Gasteiger partial charge on any atom is -0.307 e. The van der Waals surface area contributed by atoms with Gasteiger partial charge in [-0.1, -0.05) is 303 Å². The molecule has 0 saturated carbocycles. The number of benzene rings is 16. The molecule has 0 spiro atoms. The van der Waals surface area contributed by atoms with Gasteiger partial charge >= 0.3 is 0 Å². The molecule has 16 aromatic carbocycles. The van der Waals surface area contributed by atoms with Crippen LogP contribution in [0.25, 0.3) is 121 Å². The molecular formula is C88H58F2N2. The van der Waals surface area contributed by atoms with Gasteiger partial charge in [0.25, 0.3) is 0 Å². The molecule has 0 aliphatic rings. The molecule has 16 rings (SSSR count). The van der Waals surface area contributed by atoms with E-state index in [9.17, 15) is 11.0 Å². The van der Waals surface area contributed by atoms with Crippen molar-refractivity contribution < 1.29 is 22.5 Å². The van der Waals surface area contributed by atoms with Crippen molar-refractivity contribution in [3.05, 3.63) is 363 Å². The van der Waals surface area contributed by atoms with Crippen LogP contribution >= 0.6 is 0 Å². The lowest BCUT2D eigenvalue weighted by Gasteiger charge is -2.31. The lowest BCUT2D eigenvalue weighted by Crippen LogP contribution is -2.14. The second-order valence-electron chi connectivity index (χ2n) is 22.5. The van der Waals surface area contributed by atoms with Crippen LogP contribution in [0.4, 0.5) is 42.9 Å². The summed E-state index contributed by atoms with van der Waals surface area (Å²) in [5.41, 5.74) is 10.0. The Bertz CT molecular complexity index is 5570. The van der Waals surface area contributed by atoms with Crippen molar-refractivity contribution in [1.82, 2.24) is 0 Å². The van der Waals surface area contributed by atoms with E-state index in [2.05, 4.69) is 0 Å². The van der Waals surface area contributed by atoms with E-state index < -0.39 is 72.1 Å². The molecule has 0 bridgehead atoms. The number of para-hydroxylation sites is 2. The van der Waals surface area contributed by atoms with Crippen molar-refractivity contribution in [2.45, 2.75) is 0 Å². The van der Waals surface area contributed by atoms with E-state index in [1.807, 2.05) is 267 Å². The zero-order valence-corrected chi connectivity index (χ0v) is 49.4. The molecule has 92 heavy (non-hydrogen) atoms. The van der Waals surface area contributed by atoms with Crippen LogP contribution in [0.1, 0.15) is 13.7 Å². The number of hydrogen-bond acceptors (Lipinski definition) is 2. The molecule has 0 heterocycles. The Morgan fingerprint density at radius 1 is 0.228 bits per heavy atom. The third kappa shape index (κ3) is 9.74. The monoisotopic (exact) mass is 1190 g/mol. The molecular weight excluding hydrogens is 1120 g/mol. The average Bonchev–Trinajstić information content (AvgIpc) is 0.710. The van der Waals surface area contributed by atoms with Crippen LogP contribution in [0.3, 0.4) is 0 Å². The molecule has 4 heteroatoms. The van der Waals surface area contributed by atoms with Crippen LogP contribution in [0, 0.1) is 11.6 Å². The van der Waals surface area contributed by atoms with Crippen LogP contribution < -0.4 is 9.80 Å². The molecule has 434 valence electrons. The second-order valence-corrected chi connectivity index (χ2v) is 22.5. The topological polar surface area (TPSA) is 6.48 Å². The first-order valence-electron chi connectivity index (χ1n) is 35.4. The van der Waals surface area contributed by atoms with Crippen LogP contribution in [0.15, 0.2) is 352 Å². The maximum absolute atomic E-state index is 19.8. The fourth-order valence-corrected chi connectivity index (χ4v) is 13.4. The van der Waals surface area contributed by atoms with Gasteiger partial charge in [0.1, 0.15) is 0 Å². The highest BCUT2D eigenvalue weighted by Crippen LogP contribution is 2.53. The zero-order valence-electron chi connectivity index (χ0n) is 59.4. The zero-order chi connectivity index (χ0) is 70.2. The SMILES string of the molecule is [2H]c1c([2H])c([2H])c(N(c2ccc(-c3ccccc3-c3ccccc3)c(-c3ccccc3-c3ccccc3)c2F)c2ccc3ccc4c(N(c5ccc(-c6ccccc6-c6ccccc6)c(-c6ccccc6-c6ccccc6)c5F)c5c([2H])c([2H])c([2H])c([2H])c5[2H])ccc5ccc2c3c54)c([2H])c1[2H]. The maximum Gasteiger partial charge on any atom is 0.155 e. The molecule has 0 atom stereocenters. The normalized spacial score (nSPS) is 12.9. The molecule has 0 radical (unpaired) electrons. The Hall–Kier alpha value is -12.0. The van der Waals surface area contributed by atoms with E-state index in [1.165, 1.54) is 9.80 Å². The van der Waals surface area contributed by atoms with Gasteiger partial charge in [0.2, 0.25) is 0 Å². The van der Waals surface area contributed by atoms with Gasteiger partial charge in [0.05, 0.1) is 36.5 Å². The number of anilines is 6. The summed E-state index contributed by atoms with van der Waals surface area (Å²) < 4.78 is 133. The molecule has 0 aliphatic heterocycles. The predicted molar refractivity (Wildman–Crippen MR) is 383 cm³/mol. The number of rotatable bonds is 14. The summed E-state index contributed by atoms with van der Waals surface area (Å²) in [5.74, 6) is -1.51. The summed E-state index contributed by atoms with van der Waals surface area (Å²) in [6.45, 7) is 0. The fourth-order valence-electron chi connectivity index (χ4n) is 13.4. The molecule has 0 saturated heterocycles. The van der Waals surface area contributed by atoms with E-state index in [1.54, 1.807) is 24.3 Å². The van der Waals surface area contributed by atoms with Gasteiger partial charge in [-0.25, -0.2) is 8.78 Å². The van der Waals surface area contributed by atoms with Crippen molar-refractivity contribution in [1.29, 1.82) is 0 Å². The van der Waals surface area contributed by atoms with E-state index in [0.29, 0.717) is 54.6 Å². The van der Waals surface area contributed by atoms with Gasteiger partial charge < -0.3 is 9.80 Å². The Morgan fingerprint density at radius 2 is 0.500 bits per heavy atom. The Morgan fingerprint density at radius 3 is 0.837 bits per heavy atom. The van der Waals surface area contributed by atoms with Gasteiger partial charge in [-0.2, -0.15) is 0 Å². The van der Waals surface area contributed by atoms with Gasteiger partial charge in [-0.3, -0.25) is 0 Å². The first-order valence-corrected chi connectivity index (χ1v) is 30.4. The molecule has 2 nitrogen and oxygen atoms in total. The van der Waals surface area contributed by atoms with Gasteiger partial charge in [0, 0.05) is 33.3 Å². The minimum absolute atomic E-state index is 0.134. The third-order valence-corrected chi connectivity index (χ3v) is 17.4. The van der Waals surface area contributed by atoms with Crippen LogP contribution in [-0.4, -0.2) is 0 Å². The molecule has 0 aliphatic carbocycles. The van der Waals surface area contributed by atoms with Crippen LogP contribution in [0.2, 0.25) is 0 Å². The summed E-state index contributed by atoms with van der Waals surface area (Å²) in [6.07, 6.45) is 0. The molecule has 0 amide bonds. The van der Waals surface area contributed by atoms with E-state index in [0.717, 1.165) is 55.6 Å². The van der Waals surface area contributed by atoms with Crippen molar-refractivity contribution in [3.63, 3.8) is 0 Å². The summed E-state index contributed by atoms with van der Waals surface area (Å²) in [5, 5.41) is 3.44. The van der Waals surface area contributed by atoms with E-state index in [-0.39, 0.29) is 45.3 Å². The van der Waals surface area contributed by atoms with Crippen LogP contribution in [-0.2, 0) is 0 Å². The molecule has 0 fully saturated rings. The second kappa shape index (κ2) is 23.8. The van der Waals surface area contributed by atoms with Gasteiger partial charge in [-0.15, -0.1) is 0 Å². The summed E-state index contributed by atoms with van der Waals surface area (Å²) in [6, 6.07) is 84.9. The predicted octanol–water partition coefficient (Wildman–Crippen LogP) is 25.1. The molecule has 0 aromatic heterocycles. The highest BCUT2D eigenvalue weighted by Gasteiger charge is 2.30. The first kappa shape index (κ1) is 45.3. The quantitative estimate of drug-likeness (QED) is 0.100. The summed E-state index contributed by atoms with van der Waals surface area (Å²) in [4.78, 5) is 2.84. The lowest BCUT2D eigenvalue weighted by molar-refractivity contribution is 0.632. The minimum atomic E-state index is -0.754. The number of halogens is 2. The third-order valence-electron chi connectivity index (χ3n) is 17.4. The van der Waals surface area contributed by atoms with E-state index >= 15 is 8.78 Å². The van der Waals surface area contributed by atoms with Gasteiger partial charge in [-0.05, 0) is 148 Å². The molecule has 0 unspecified atom stereocenters. The standard InChI is InChI=1S/C88H58F2N2/c89-87-81(57-53-75(71-43-23-19-39-67(71)59-27-7-1-8-28-59)85(87)73-45-25-21-41-69(73)61-31-11-3-12-32-61)91(65-35-15-5-16-36-65)79-55-49-63-48-52-78-80(56-50-64-47-51-77(79)83(63)84(64)78)92(66-37-17-6-18-38-66)82-58-54-76(72-44-24-20-40-68(72)60-29-9-2-10-30-60)86(88(82)90)74-46-26-22-42-70(74)62-33-13-4-14-34-62/h1-58H/i5D,6D,15D,16D,17D,18D,35D,36D,37D,38D. The molecule has 16 aromatic rings. The number of nitrogens with zero attached hydrogens (tertiary/aromatic N) is 2. The van der Waals surface area contributed by atoms with Crippen molar-refractivity contribution in [2.24, 2.45) is 0 Å². The Balaban J connectivity index is 0.983.